The normalized spacial score (nSPS) is 12.1. The quantitative estimate of drug-likeness (QED) is 0.254. The number of thioether (sulfide) groups is 1. The molecule has 0 aliphatic carbocycles. The molecule has 0 saturated carbocycles. The largest absolute Gasteiger partial charge is 0.293 e. The van der Waals surface area contributed by atoms with E-state index in [1.54, 1.807) is 18.5 Å². The van der Waals surface area contributed by atoms with Crippen molar-refractivity contribution in [3.05, 3.63) is 18.5 Å². The smallest absolute Gasteiger partial charge is 0.247 e. The average Bonchev–Trinajstić information content (AvgIpc) is 2.29. The number of amides is 1. The summed E-state index contributed by atoms with van der Waals surface area (Å²) in [6, 6.07) is 1.74. The molecule has 82 valence electrons. The molecule has 3 N–H and O–H groups in total. The number of hydrogen-bond acceptors (Lipinski definition) is 5. The van der Waals surface area contributed by atoms with Crippen LogP contribution in [0.15, 0.2) is 23.6 Å². The standard InChI is InChI=1S/C9H14N4OS/c1-2-4-7(8(14)13-10)15-9-11-5-3-6-12-9/h3,5-7H,2,4,10H2,1H3,(H,13,14). The number of aromatic nitrogens is 2. The average molecular weight is 226 g/mol. The van der Waals surface area contributed by atoms with Crippen LogP contribution in [0.2, 0.25) is 0 Å². The summed E-state index contributed by atoms with van der Waals surface area (Å²) in [5.74, 6) is 4.92. The molecular weight excluding hydrogens is 212 g/mol. The van der Waals surface area contributed by atoms with Gasteiger partial charge in [-0.15, -0.1) is 0 Å². The number of nitrogens with zero attached hydrogens (tertiary/aromatic N) is 2. The lowest BCUT2D eigenvalue weighted by atomic mass is 10.2. The van der Waals surface area contributed by atoms with Crippen molar-refractivity contribution in [1.82, 2.24) is 15.4 Å². The zero-order valence-electron chi connectivity index (χ0n) is 8.51. The molecule has 0 aliphatic rings. The van der Waals surface area contributed by atoms with Crippen LogP contribution in [0.25, 0.3) is 0 Å². The van der Waals surface area contributed by atoms with Gasteiger partial charge in [-0.3, -0.25) is 10.2 Å². The van der Waals surface area contributed by atoms with Crippen LogP contribution >= 0.6 is 11.8 Å². The van der Waals surface area contributed by atoms with Gasteiger partial charge in [-0.1, -0.05) is 25.1 Å². The summed E-state index contributed by atoms with van der Waals surface area (Å²) in [4.78, 5) is 19.5. The Hall–Kier alpha value is -1.14. The van der Waals surface area contributed by atoms with Crippen molar-refractivity contribution in [3.8, 4) is 0 Å². The van der Waals surface area contributed by atoms with Gasteiger partial charge in [0, 0.05) is 12.4 Å². The molecule has 0 saturated heterocycles. The number of rotatable bonds is 5. The highest BCUT2D eigenvalue weighted by Gasteiger charge is 2.18. The van der Waals surface area contributed by atoms with Crippen LogP contribution in [0, 0.1) is 0 Å². The summed E-state index contributed by atoms with van der Waals surface area (Å²) in [6.45, 7) is 2.02. The lowest BCUT2D eigenvalue weighted by molar-refractivity contribution is -0.120. The minimum absolute atomic E-state index is 0.186. The van der Waals surface area contributed by atoms with Gasteiger partial charge in [0.05, 0.1) is 5.25 Å². The Kier molecular flexibility index (Phi) is 5.06. The van der Waals surface area contributed by atoms with E-state index in [1.165, 1.54) is 11.8 Å². The van der Waals surface area contributed by atoms with Crippen molar-refractivity contribution in [2.24, 2.45) is 5.84 Å². The van der Waals surface area contributed by atoms with E-state index in [2.05, 4.69) is 15.4 Å². The van der Waals surface area contributed by atoms with Gasteiger partial charge < -0.3 is 0 Å². The van der Waals surface area contributed by atoms with Gasteiger partial charge in [0.25, 0.3) is 0 Å². The van der Waals surface area contributed by atoms with E-state index in [0.29, 0.717) is 5.16 Å². The summed E-state index contributed by atoms with van der Waals surface area (Å²) in [5, 5.41) is 0.377. The van der Waals surface area contributed by atoms with Crippen molar-refractivity contribution in [3.63, 3.8) is 0 Å². The van der Waals surface area contributed by atoms with Crippen LogP contribution in [-0.4, -0.2) is 21.1 Å². The first-order valence-corrected chi connectivity index (χ1v) is 5.60. The Labute approximate surface area is 92.8 Å². The van der Waals surface area contributed by atoms with Gasteiger partial charge in [-0.2, -0.15) is 0 Å². The minimum Gasteiger partial charge on any atom is -0.293 e. The molecule has 1 unspecified atom stereocenters. The summed E-state index contributed by atoms with van der Waals surface area (Å²) < 4.78 is 0. The molecule has 0 bridgehead atoms. The third-order valence-corrected chi connectivity index (χ3v) is 2.93. The Morgan fingerprint density at radius 3 is 2.80 bits per heavy atom. The lowest BCUT2D eigenvalue weighted by Crippen LogP contribution is -2.37. The molecule has 0 fully saturated rings. The highest BCUT2D eigenvalue weighted by atomic mass is 32.2. The molecule has 1 rings (SSSR count). The van der Waals surface area contributed by atoms with E-state index in [4.69, 9.17) is 5.84 Å². The SMILES string of the molecule is CCCC(Sc1ncccn1)C(=O)NN. The van der Waals surface area contributed by atoms with Crippen LogP contribution in [-0.2, 0) is 4.79 Å². The molecular formula is C9H14N4OS. The van der Waals surface area contributed by atoms with Crippen molar-refractivity contribution >= 4 is 17.7 Å². The van der Waals surface area contributed by atoms with E-state index in [1.807, 2.05) is 6.92 Å². The van der Waals surface area contributed by atoms with Crippen LogP contribution in [0.3, 0.4) is 0 Å². The second kappa shape index (κ2) is 6.36. The van der Waals surface area contributed by atoms with E-state index in [-0.39, 0.29) is 11.2 Å². The molecule has 1 atom stereocenters. The Bertz CT molecular complexity index is 306. The van der Waals surface area contributed by atoms with E-state index >= 15 is 0 Å². The number of hydrogen-bond donors (Lipinski definition) is 2. The molecule has 1 amide bonds. The van der Waals surface area contributed by atoms with Crippen LogP contribution in [0.4, 0.5) is 0 Å². The van der Waals surface area contributed by atoms with Crippen LogP contribution in [0.1, 0.15) is 19.8 Å². The lowest BCUT2D eigenvalue weighted by Gasteiger charge is -2.11. The number of hydrazine groups is 1. The summed E-state index contributed by atoms with van der Waals surface area (Å²) in [6.07, 6.45) is 4.97. The number of nitrogens with two attached hydrogens (primary N) is 1. The first-order valence-electron chi connectivity index (χ1n) is 4.72. The van der Waals surface area contributed by atoms with Gasteiger partial charge >= 0.3 is 0 Å². The molecule has 0 radical (unpaired) electrons. The maximum absolute atomic E-state index is 11.4. The van der Waals surface area contributed by atoms with Crippen molar-refractivity contribution in [2.45, 2.75) is 30.2 Å². The summed E-state index contributed by atoms with van der Waals surface area (Å²) in [7, 11) is 0. The Balaban J connectivity index is 2.62. The second-order valence-corrected chi connectivity index (χ2v) is 4.11. The second-order valence-electron chi connectivity index (χ2n) is 2.94. The van der Waals surface area contributed by atoms with Crippen molar-refractivity contribution in [1.29, 1.82) is 0 Å². The van der Waals surface area contributed by atoms with Crippen molar-refractivity contribution < 1.29 is 4.79 Å². The molecule has 1 heterocycles. The predicted octanol–water partition coefficient (Wildman–Crippen LogP) is 0.727. The summed E-state index contributed by atoms with van der Waals surface area (Å²) >= 11 is 1.33. The molecule has 6 heteroatoms. The highest BCUT2D eigenvalue weighted by molar-refractivity contribution is 8.00. The highest BCUT2D eigenvalue weighted by Crippen LogP contribution is 2.22. The Morgan fingerprint density at radius 2 is 2.27 bits per heavy atom. The fourth-order valence-corrected chi connectivity index (χ4v) is 2.10. The molecule has 1 aromatic heterocycles. The van der Waals surface area contributed by atoms with Crippen LogP contribution in [0.5, 0.6) is 0 Å². The zero-order chi connectivity index (χ0) is 11.1. The number of carbonyl (C=O) groups is 1. The zero-order valence-corrected chi connectivity index (χ0v) is 9.33. The van der Waals surface area contributed by atoms with Gasteiger partial charge in [0.1, 0.15) is 0 Å². The van der Waals surface area contributed by atoms with Crippen molar-refractivity contribution in [2.75, 3.05) is 0 Å². The van der Waals surface area contributed by atoms with Gasteiger partial charge in [0.15, 0.2) is 5.16 Å². The molecule has 1 aromatic rings. The third kappa shape index (κ3) is 3.85. The Morgan fingerprint density at radius 1 is 1.60 bits per heavy atom. The maximum Gasteiger partial charge on any atom is 0.247 e. The molecule has 0 spiro atoms. The summed E-state index contributed by atoms with van der Waals surface area (Å²) in [5.41, 5.74) is 2.15. The molecule has 0 aliphatic heterocycles. The van der Waals surface area contributed by atoms with E-state index in [9.17, 15) is 4.79 Å². The van der Waals surface area contributed by atoms with Gasteiger partial charge in [-0.05, 0) is 12.5 Å². The number of carbonyl (C=O) groups excluding carboxylic acids is 1. The fraction of sp³-hybridized carbons (Fsp3) is 0.444. The molecule has 5 nitrogen and oxygen atoms in total. The molecule has 0 aromatic carbocycles. The van der Waals surface area contributed by atoms with E-state index < -0.39 is 0 Å². The van der Waals surface area contributed by atoms with Gasteiger partial charge in [0.2, 0.25) is 5.91 Å². The predicted molar refractivity (Wildman–Crippen MR) is 58.9 cm³/mol. The van der Waals surface area contributed by atoms with E-state index in [0.717, 1.165) is 12.8 Å². The first kappa shape index (κ1) is 11.9. The van der Waals surface area contributed by atoms with Gasteiger partial charge in [-0.25, -0.2) is 15.8 Å². The third-order valence-electron chi connectivity index (χ3n) is 1.78. The monoisotopic (exact) mass is 226 g/mol. The molecule has 15 heavy (non-hydrogen) atoms. The van der Waals surface area contributed by atoms with Crippen LogP contribution < -0.4 is 11.3 Å². The topological polar surface area (TPSA) is 80.9 Å². The fourth-order valence-electron chi connectivity index (χ4n) is 1.07. The number of nitrogens with one attached hydrogen (secondary N) is 1. The minimum atomic E-state index is -0.220. The maximum atomic E-state index is 11.4. The first-order chi connectivity index (χ1) is 7.27.